The maximum Gasteiger partial charge on any atom is 0.339 e. The van der Waals surface area contributed by atoms with Crippen LogP contribution in [0.3, 0.4) is 0 Å². The molecule has 2 heterocycles. The first-order valence-corrected chi connectivity index (χ1v) is 12.0. The number of rotatable bonds is 7. The van der Waals surface area contributed by atoms with E-state index in [-0.39, 0.29) is 11.9 Å². The average molecular weight is 493 g/mol. The molecule has 0 N–H and O–H groups in total. The van der Waals surface area contributed by atoms with Crippen LogP contribution in [-0.2, 0) is 24.8 Å². The molecule has 1 aliphatic heterocycles. The topological polar surface area (TPSA) is 60.8 Å². The molecule has 2 aromatic carbocycles. The van der Waals surface area contributed by atoms with Gasteiger partial charge in [-0.25, -0.2) is 4.79 Å². The van der Waals surface area contributed by atoms with Crippen LogP contribution in [0.2, 0.25) is 5.02 Å². The number of esters is 1. The Morgan fingerprint density at radius 1 is 1.17 bits per heavy atom. The van der Waals surface area contributed by atoms with Gasteiger partial charge in [-0.05, 0) is 56.2 Å². The third-order valence-electron chi connectivity index (χ3n) is 6.39. The van der Waals surface area contributed by atoms with Gasteiger partial charge in [-0.15, -0.1) is 0 Å². The summed E-state index contributed by atoms with van der Waals surface area (Å²) in [5, 5.41) is 0.515. The van der Waals surface area contributed by atoms with Crippen molar-refractivity contribution in [1.82, 2.24) is 9.47 Å². The number of halogens is 1. The van der Waals surface area contributed by atoms with Crippen LogP contribution < -0.4 is 4.74 Å². The number of carbonyl (C=O) groups excluding carboxylic acids is 2. The second kappa shape index (κ2) is 10.4. The summed E-state index contributed by atoms with van der Waals surface area (Å²) in [5.41, 5.74) is 5.38. The number of benzene rings is 2. The number of hydrogen-bond donors (Lipinski definition) is 0. The smallest absolute Gasteiger partial charge is 0.339 e. The minimum atomic E-state index is -0.385. The van der Waals surface area contributed by atoms with E-state index in [2.05, 4.69) is 6.58 Å². The molecule has 182 valence electrons. The van der Waals surface area contributed by atoms with Gasteiger partial charge in [0, 0.05) is 53.2 Å². The van der Waals surface area contributed by atoms with Gasteiger partial charge in [0.25, 0.3) is 5.91 Å². The molecule has 0 saturated heterocycles. The molecule has 0 aliphatic carbocycles. The zero-order chi connectivity index (χ0) is 25.1. The maximum absolute atomic E-state index is 13.7. The summed E-state index contributed by atoms with van der Waals surface area (Å²) in [5.74, 6) is 0.368. The minimum absolute atomic E-state index is 0.0868. The van der Waals surface area contributed by atoms with Crippen LogP contribution in [0.1, 0.15) is 44.5 Å². The minimum Gasteiger partial charge on any atom is -0.489 e. The third kappa shape index (κ3) is 4.84. The van der Waals surface area contributed by atoms with E-state index in [0.717, 1.165) is 28.3 Å². The van der Waals surface area contributed by atoms with Crippen LogP contribution in [0.4, 0.5) is 0 Å². The van der Waals surface area contributed by atoms with Crippen molar-refractivity contribution in [1.29, 1.82) is 0 Å². The Labute approximate surface area is 210 Å². The fraction of sp³-hybridized carbons (Fsp3) is 0.286. The highest BCUT2D eigenvalue weighted by Crippen LogP contribution is 2.33. The molecule has 0 saturated carbocycles. The summed E-state index contributed by atoms with van der Waals surface area (Å²) in [4.78, 5) is 28.0. The molecule has 6 nitrogen and oxygen atoms in total. The van der Waals surface area contributed by atoms with Gasteiger partial charge in [-0.1, -0.05) is 36.4 Å². The van der Waals surface area contributed by atoms with Crippen LogP contribution in [0.5, 0.6) is 5.75 Å². The van der Waals surface area contributed by atoms with Gasteiger partial charge < -0.3 is 18.9 Å². The molecule has 0 radical (unpaired) electrons. The second-order valence-electron chi connectivity index (χ2n) is 8.47. The van der Waals surface area contributed by atoms with Gasteiger partial charge in [-0.3, -0.25) is 4.79 Å². The highest BCUT2D eigenvalue weighted by atomic mass is 35.5. The van der Waals surface area contributed by atoms with Crippen molar-refractivity contribution in [2.24, 2.45) is 7.05 Å². The summed E-state index contributed by atoms with van der Waals surface area (Å²) >= 11 is 6.35. The fourth-order valence-electron chi connectivity index (χ4n) is 4.49. The quantitative estimate of drug-likeness (QED) is 0.318. The van der Waals surface area contributed by atoms with Crippen molar-refractivity contribution in [3.05, 3.63) is 88.1 Å². The first-order chi connectivity index (χ1) is 16.8. The lowest BCUT2D eigenvalue weighted by molar-refractivity contribution is 0.0525. The highest BCUT2D eigenvalue weighted by Gasteiger charge is 2.27. The SMILES string of the molecule is C=CCOc1cccc2c1CCN(C(=O)c1ccc(Cl)cc1-c1cc(C(=O)OCC)c(C)n1C)C2. The van der Waals surface area contributed by atoms with Crippen molar-refractivity contribution >= 4 is 23.5 Å². The first-order valence-electron chi connectivity index (χ1n) is 11.6. The molecule has 35 heavy (non-hydrogen) atoms. The molecule has 0 bridgehead atoms. The Morgan fingerprint density at radius 2 is 1.97 bits per heavy atom. The molecule has 0 unspecified atom stereocenters. The number of hydrogen-bond acceptors (Lipinski definition) is 4. The molecular weight excluding hydrogens is 464 g/mol. The predicted octanol–water partition coefficient (Wildman–Crippen LogP) is 5.59. The molecule has 0 fully saturated rings. The standard InChI is InChI=1S/C28H29ClN2O4/c1-5-14-35-26-9-7-8-19-17-31(13-12-21(19)26)27(32)22-11-10-20(29)15-24(22)25-16-23(18(3)30(25)4)28(33)34-6-2/h5,7-11,15-16H,1,6,12-14,17H2,2-4H3. The Kier molecular flexibility index (Phi) is 7.31. The monoisotopic (exact) mass is 492 g/mol. The van der Waals surface area contributed by atoms with E-state index >= 15 is 0 Å². The van der Waals surface area contributed by atoms with Crippen molar-refractivity contribution in [2.45, 2.75) is 26.8 Å². The van der Waals surface area contributed by atoms with Crippen LogP contribution >= 0.6 is 11.6 Å². The number of nitrogens with zero attached hydrogens (tertiary/aromatic N) is 2. The van der Waals surface area contributed by atoms with Crippen LogP contribution in [0.15, 0.2) is 55.1 Å². The van der Waals surface area contributed by atoms with Gasteiger partial charge in [-0.2, -0.15) is 0 Å². The Hall–Kier alpha value is -3.51. The second-order valence-corrected chi connectivity index (χ2v) is 8.90. The van der Waals surface area contributed by atoms with Gasteiger partial charge in [0.05, 0.1) is 12.2 Å². The van der Waals surface area contributed by atoms with E-state index in [9.17, 15) is 9.59 Å². The predicted molar refractivity (Wildman–Crippen MR) is 137 cm³/mol. The average Bonchev–Trinajstić information content (AvgIpc) is 3.16. The number of carbonyl (C=O) groups is 2. The highest BCUT2D eigenvalue weighted by molar-refractivity contribution is 6.31. The van der Waals surface area contributed by atoms with Crippen LogP contribution in [0.25, 0.3) is 11.3 Å². The number of amides is 1. The van der Waals surface area contributed by atoms with Crippen molar-refractivity contribution < 1.29 is 19.1 Å². The molecular formula is C28H29ClN2O4. The summed E-state index contributed by atoms with van der Waals surface area (Å²) in [6, 6.07) is 13.0. The molecule has 0 spiro atoms. The molecule has 1 aromatic heterocycles. The zero-order valence-electron chi connectivity index (χ0n) is 20.3. The number of ether oxygens (including phenoxy) is 2. The maximum atomic E-state index is 13.7. The van der Waals surface area contributed by atoms with Gasteiger partial charge in [0.1, 0.15) is 12.4 Å². The molecule has 0 atom stereocenters. The lowest BCUT2D eigenvalue weighted by Gasteiger charge is -2.30. The fourth-order valence-corrected chi connectivity index (χ4v) is 4.66. The Balaban J connectivity index is 1.68. The van der Waals surface area contributed by atoms with Gasteiger partial charge >= 0.3 is 5.97 Å². The summed E-state index contributed by atoms with van der Waals surface area (Å²) < 4.78 is 12.9. The Morgan fingerprint density at radius 3 is 2.71 bits per heavy atom. The van der Waals surface area contributed by atoms with E-state index in [1.54, 1.807) is 37.3 Å². The van der Waals surface area contributed by atoms with Gasteiger partial charge in [0.2, 0.25) is 0 Å². The summed E-state index contributed by atoms with van der Waals surface area (Å²) in [6.07, 6.45) is 2.42. The molecule has 7 heteroatoms. The number of fused-ring (bicyclic) bond motifs is 1. The third-order valence-corrected chi connectivity index (χ3v) is 6.62. The van der Waals surface area contributed by atoms with Crippen molar-refractivity contribution in [2.75, 3.05) is 19.8 Å². The summed E-state index contributed by atoms with van der Waals surface area (Å²) in [7, 11) is 1.87. The van der Waals surface area contributed by atoms with E-state index < -0.39 is 0 Å². The molecule has 4 rings (SSSR count). The van der Waals surface area contributed by atoms with Gasteiger partial charge in [0.15, 0.2) is 0 Å². The lowest BCUT2D eigenvalue weighted by Crippen LogP contribution is -2.36. The van der Waals surface area contributed by atoms with E-state index in [1.807, 2.05) is 41.6 Å². The summed E-state index contributed by atoms with van der Waals surface area (Å²) in [6.45, 7) is 9.14. The van der Waals surface area contributed by atoms with Crippen molar-refractivity contribution in [3.63, 3.8) is 0 Å². The normalized spacial score (nSPS) is 12.7. The number of aromatic nitrogens is 1. The zero-order valence-corrected chi connectivity index (χ0v) is 21.0. The lowest BCUT2D eigenvalue weighted by atomic mass is 9.96. The molecule has 1 amide bonds. The van der Waals surface area contributed by atoms with Crippen LogP contribution in [-0.4, -0.2) is 41.1 Å². The molecule has 3 aromatic rings. The van der Waals surface area contributed by atoms with Crippen molar-refractivity contribution in [3.8, 4) is 17.0 Å². The van der Waals surface area contributed by atoms with Crippen LogP contribution in [0, 0.1) is 6.92 Å². The van der Waals surface area contributed by atoms with E-state index in [0.29, 0.717) is 54.4 Å². The van der Waals surface area contributed by atoms with E-state index in [4.69, 9.17) is 21.1 Å². The first kappa shape index (κ1) is 24.6. The largest absolute Gasteiger partial charge is 0.489 e. The Bertz CT molecular complexity index is 1290. The van der Waals surface area contributed by atoms with E-state index in [1.165, 1.54) is 0 Å². The molecule has 1 aliphatic rings.